The highest BCUT2D eigenvalue weighted by molar-refractivity contribution is 6.35. The molecule has 0 saturated carbocycles. The van der Waals surface area contributed by atoms with E-state index < -0.39 is 11.8 Å². The van der Waals surface area contributed by atoms with E-state index in [1.807, 2.05) is 0 Å². The minimum atomic E-state index is -1.13. The molecule has 0 saturated heterocycles. The van der Waals surface area contributed by atoms with E-state index in [0.29, 0.717) is 11.4 Å². The molecule has 1 aromatic heterocycles. The summed E-state index contributed by atoms with van der Waals surface area (Å²) in [7, 11) is 0. The van der Waals surface area contributed by atoms with Crippen LogP contribution in [0.2, 0.25) is 10.0 Å². The molecule has 2 N–H and O–H groups in total. The number of aromatic nitrogens is 1. The summed E-state index contributed by atoms with van der Waals surface area (Å²) in [4.78, 5) is 14.7. The van der Waals surface area contributed by atoms with Gasteiger partial charge in [-0.1, -0.05) is 23.2 Å². The van der Waals surface area contributed by atoms with E-state index in [-0.39, 0.29) is 15.6 Å². The summed E-state index contributed by atoms with van der Waals surface area (Å²) in [5.74, 6) is -1.85. The molecule has 0 spiro atoms. The Hall–Kier alpha value is -1.85. The third kappa shape index (κ3) is 2.94. The summed E-state index contributed by atoms with van der Waals surface area (Å²) in [6.07, 6.45) is 2.64. The molecular weight excluding hydrogens is 294 g/mol. The zero-order chi connectivity index (χ0) is 14.0. The molecule has 0 aliphatic rings. The largest absolute Gasteiger partial charge is 0.478 e. The second kappa shape index (κ2) is 5.42. The van der Waals surface area contributed by atoms with Crippen LogP contribution in [0.1, 0.15) is 10.4 Å². The van der Waals surface area contributed by atoms with Gasteiger partial charge in [0.1, 0.15) is 5.56 Å². The van der Waals surface area contributed by atoms with E-state index >= 15 is 0 Å². The predicted molar refractivity (Wildman–Crippen MR) is 70.9 cm³/mol. The first-order chi connectivity index (χ1) is 8.99. The van der Waals surface area contributed by atoms with Crippen molar-refractivity contribution in [3.05, 3.63) is 52.0 Å². The van der Waals surface area contributed by atoms with Crippen molar-refractivity contribution in [2.75, 3.05) is 5.32 Å². The summed E-state index contributed by atoms with van der Waals surface area (Å²) in [5.41, 5.74) is 0.672. The molecule has 19 heavy (non-hydrogen) atoms. The lowest BCUT2D eigenvalue weighted by atomic mass is 10.2. The van der Waals surface area contributed by atoms with Crippen molar-refractivity contribution < 1.29 is 14.3 Å². The van der Waals surface area contributed by atoms with Gasteiger partial charge in [-0.15, -0.1) is 0 Å². The first-order valence-corrected chi connectivity index (χ1v) is 5.83. The van der Waals surface area contributed by atoms with Crippen molar-refractivity contribution in [1.29, 1.82) is 0 Å². The van der Waals surface area contributed by atoms with Gasteiger partial charge >= 0.3 is 5.97 Å². The lowest BCUT2D eigenvalue weighted by Crippen LogP contribution is -2.03. The molecular formula is C12H7Cl2FN2O2. The van der Waals surface area contributed by atoms with Crippen molar-refractivity contribution in [3.8, 4) is 0 Å². The van der Waals surface area contributed by atoms with Gasteiger partial charge in [-0.3, -0.25) is 4.98 Å². The number of hydrogen-bond donors (Lipinski definition) is 2. The molecule has 7 heteroatoms. The molecule has 4 nitrogen and oxygen atoms in total. The van der Waals surface area contributed by atoms with E-state index in [4.69, 9.17) is 28.3 Å². The van der Waals surface area contributed by atoms with Gasteiger partial charge in [0.2, 0.25) is 0 Å². The molecule has 0 radical (unpaired) electrons. The van der Waals surface area contributed by atoms with E-state index in [2.05, 4.69) is 10.3 Å². The van der Waals surface area contributed by atoms with Crippen molar-refractivity contribution in [2.45, 2.75) is 0 Å². The minimum absolute atomic E-state index is 0.0148. The quantitative estimate of drug-likeness (QED) is 0.842. The molecule has 0 bridgehead atoms. The number of anilines is 2. The minimum Gasteiger partial charge on any atom is -0.478 e. The van der Waals surface area contributed by atoms with Crippen molar-refractivity contribution >= 4 is 40.5 Å². The van der Waals surface area contributed by atoms with E-state index in [0.717, 1.165) is 0 Å². The van der Waals surface area contributed by atoms with Crippen LogP contribution in [0.25, 0.3) is 0 Å². The zero-order valence-corrected chi connectivity index (χ0v) is 10.8. The maximum atomic E-state index is 13.3. The van der Waals surface area contributed by atoms with Gasteiger partial charge in [-0.2, -0.15) is 0 Å². The molecule has 0 atom stereocenters. The Morgan fingerprint density at radius 1 is 1.32 bits per heavy atom. The number of carbonyl (C=O) groups is 1. The zero-order valence-electron chi connectivity index (χ0n) is 9.32. The van der Waals surface area contributed by atoms with Crippen LogP contribution in [0.4, 0.5) is 15.8 Å². The van der Waals surface area contributed by atoms with Gasteiger partial charge in [0.15, 0.2) is 5.82 Å². The van der Waals surface area contributed by atoms with Crippen LogP contribution < -0.4 is 5.32 Å². The highest BCUT2D eigenvalue weighted by atomic mass is 35.5. The fourth-order valence-corrected chi connectivity index (χ4v) is 1.94. The number of hydrogen-bond acceptors (Lipinski definition) is 3. The molecule has 0 amide bonds. The monoisotopic (exact) mass is 300 g/mol. The number of nitrogens with one attached hydrogen (secondary N) is 1. The normalized spacial score (nSPS) is 10.3. The Bertz CT molecular complexity index is 626. The van der Waals surface area contributed by atoms with Gasteiger partial charge in [-0.25, -0.2) is 9.18 Å². The molecule has 0 aliphatic carbocycles. The maximum absolute atomic E-state index is 13.3. The number of nitrogens with zero attached hydrogens (tertiary/aromatic N) is 1. The fraction of sp³-hybridized carbons (Fsp3) is 0. The standard InChI is InChI=1S/C12H7Cl2FN2O2/c13-8-3-6(4-9(14)11(8)15)17-10-1-2-16-5-7(10)12(18)19/h1-5H,(H,16,17)(H,18,19). The number of aromatic carboxylic acids is 1. The van der Waals surface area contributed by atoms with Gasteiger partial charge < -0.3 is 10.4 Å². The summed E-state index contributed by atoms with van der Waals surface area (Å²) in [6, 6.07) is 4.11. The van der Waals surface area contributed by atoms with Gasteiger partial charge in [0.25, 0.3) is 0 Å². The summed E-state index contributed by atoms with van der Waals surface area (Å²) in [6.45, 7) is 0. The Morgan fingerprint density at radius 2 is 1.95 bits per heavy atom. The smallest absolute Gasteiger partial charge is 0.339 e. The number of halogens is 3. The molecule has 2 aromatic rings. The average Bonchev–Trinajstić information content (AvgIpc) is 2.36. The maximum Gasteiger partial charge on any atom is 0.339 e. The Morgan fingerprint density at radius 3 is 2.53 bits per heavy atom. The summed E-state index contributed by atoms with van der Waals surface area (Å²) in [5, 5.41) is 11.5. The lowest BCUT2D eigenvalue weighted by molar-refractivity contribution is 0.0697. The fourth-order valence-electron chi connectivity index (χ4n) is 1.46. The Kier molecular flexibility index (Phi) is 3.87. The molecule has 0 fully saturated rings. The number of benzene rings is 1. The number of rotatable bonds is 3. The van der Waals surface area contributed by atoms with Crippen molar-refractivity contribution in [3.63, 3.8) is 0 Å². The Balaban J connectivity index is 2.39. The van der Waals surface area contributed by atoms with Crippen molar-refractivity contribution in [1.82, 2.24) is 4.98 Å². The van der Waals surface area contributed by atoms with Crippen LogP contribution in [0, 0.1) is 5.82 Å². The van der Waals surface area contributed by atoms with Crippen LogP contribution in [-0.2, 0) is 0 Å². The molecule has 98 valence electrons. The SMILES string of the molecule is O=C(O)c1cnccc1Nc1cc(Cl)c(F)c(Cl)c1. The first kappa shape index (κ1) is 13.6. The molecule has 1 aromatic carbocycles. The number of carboxylic acid groups (broad SMARTS) is 1. The van der Waals surface area contributed by atoms with Crippen LogP contribution in [0.5, 0.6) is 0 Å². The summed E-state index contributed by atoms with van der Waals surface area (Å²) >= 11 is 11.3. The second-order valence-electron chi connectivity index (χ2n) is 3.61. The van der Waals surface area contributed by atoms with Crippen LogP contribution in [-0.4, -0.2) is 16.1 Å². The van der Waals surface area contributed by atoms with Gasteiger partial charge in [0.05, 0.1) is 15.7 Å². The topological polar surface area (TPSA) is 62.2 Å². The third-order valence-corrected chi connectivity index (χ3v) is 2.86. The van der Waals surface area contributed by atoms with E-state index in [9.17, 15) is 9.18 Å². The lowest BCUT2D eigenvalue weighted by Gasteiger charge is -2.10. The van der Waals surface area contributed by atoms with Crippen LogP contribution in [0.3, 0.4) is 0 Å². The highest BCUT2D eigenvalue weighted by Gasteiger charge is 2.12. The van der Waals surface area contributed by atoms with Crippen molar-refractivity contribution in [2.24, 2.45) is 0 Å². The van der Waals surface area contributed by atoms with Gasteiger partial charge in [0, 0.05) is 18.1 Å². The summed E-state index contributed by atoms with van der Waals surface area (Å²) < 4.78 is 13.3. The van der Waals surface area contributed by atoms with Gasteiger partial charge in [-0.05, 0) is 18.2 Å². The molecule has 2 rings (SSSR count). The van der Waals surface area contributed by atoms with Crippen LogP contribution in [0.15, 0.2) is 30.6 Å². The Labute approximate surface area is 117 Å². The molecule has 0 unspecified atom stereocenters. The molecule has 1 heterocycles. The van der Waals surface area contributed by atoms with E-state index in [1.54, 1.807) is 0 Å². The molecule has 0 aliphatic heterocycles. The highest BCUT2D eigenvalue weighted by Crippen LogP contribution is 2.29. The van der Waals surface area contributed by atoms with Crippen LogP contribution >= 0.6 is 23.2 Å². The number of pyridine rings is 1. The average molecular weight is 301 g/mol. The third-order valence-electron chi connectivity index (χ3n) is 2.31. The second-order valence-corrected chi connectivity index (χ2v) is 4.42. The van der Waals surface area contributed by atoms with E-state index in [1.165, 1.54) is 30.6 Å². The number of carboxylic acids is 1. The first-order valence-electron chi connectivity index (χ1n) is 5.08. The predicted octanol–water partition coefficient (Wildman–Crippen LogP) is 3.97.